The van der Waals surface area contributed by atoms with E-state index >= 15 is 0 Å². The number of carbonyl (C=O) groups is 1. The van der Waals surface area contributed by atoms with Crippen molar-refractivity contribution in [2.75, 3.05) is 10.6 Å². The minimum Gasteiger partial charge on any atom is -0.371 e. The average molecular weight is 373 g/mol. The van der Waals surface area contributed by atoms with Crippen LogP contribution in [0, 0.1) is 0 Å². The Hall–Kier alpha value is -2.92. The number of benzene rings is 1. The Kier molecular flexibility index (Phi) is 4.02. The highest BCUT2D eigenvalue weighted by atomic mass is 32.1. The second-order valence-electron chi connectivity index (χ2n) is 6.94. The first-order valence-corrected chi connectivity index (χ1v) is 10.0. The maximum absolute atomic E-state index is 13.3. The molecule has 1 aliphatic heterocycles. The summed E-state index contributed by atoms with van der Waals surface area (Å²) in [4.78, 5) is 19.1. The molecular formula is C22H19N3OS. The fourth-order valence-electron chi connectivity index (χ4n) is 3.99. The van der Waals surface area contributed by atoms with Crippen molar-refractivity contribution in [3.8, 4) is 0 Å². The molecule has 0 amide bonds. The van der Waals surface area contributed by atoms with E-state index in [-0.39, 0.29) is 17.7 Å². The van der Waals surface area contributed by atoms with Crippen LogP contribution in [0.1, 0.15) is 35.4 Å². The predicted octanol–water partition coefficient (Wildman–Crippen LogP) is 5.12. The van der Waals surface area contributed by atoms with Crippen molar-refractivity contribution in [3.63, 3.8) is 0 Å². The quantitative estimate of drug-likeness (QED) is 0.654. The average Bonchev–Trinajstić information content (AvgIpc) is 3.17. The van der Waals surface area contributed by atoms with Gasteiger partial charge in [0.05, 0.1) is 23.1 Å². The summed E-state index contributed by atoms with van der Waals surface area (Å²) in [6.45, 7) is 0. The molecule has 2 aromatic heterocycles. The van der Waals surface area contributed by atoms with E-state index in [9.17, 15) is 4.79 Å². The lowest BCUT2D eigenvalue weighted by atomic mass is 9.81. The third kappa shape index (κ3) is 2.94. The van der Waals surface area contributed by atoms with Gasteiger partial charge in [-0.1, -0.05) is 24.3 Å². The molecule has 0 spiro atoms. The first-order chi connectivity index (χ1) is 13.3. The minimum atomic E-state index is -0.242. The number of para-hydroxylation sites is 2. The molecule has 1 aromatic carbocycles. The summed E-state index contributed by atoms with van der Waals surface area (Å²) < 4.78 is 0. The Labute approximate surface area is 162 Å². The molecule has 0 radical (unpaired) electrons. The Balaban J connectivity index is 1.63. The third-order valence-electron chi connectivity index (χ3n) is 5.24. The number of ketones is 1. The Morgan fingerprint density at radius 2 is 1.81 bits per heavy atom. The standard InChI is InChI=1S/C22H19N3OS/c26-19-13-14(20-9-5-11-27-20)12-18-21(19)22(17-8-3-4-10-23-17)25-16-7-2-1-6-15(16)24-18/h1-11,14,22,24-25H,12-13H2. The Morgan fingerprint density at radius 1 is 0.963 bits per heavy atom. The number of hydrogen-bond donors (Lipinski definition) is 2. The second kappa shape index (κ2) is 6.67. The molecule has 3 heterocycles. The summed E-state index contributed by atoms with van der Waals surface area (Å²) in [6.07, 6.45) is 3.16. The first kappa shape index (κ1) is 16.3. The zero-order chi connectivity index (χ0) is 18.2. The highest BCUT2D eigenvalue weighted by Crippen LogP contribution is 2.44. The lowest BCUT2D eigenvalue weighted by Crippen LogP contribution is -2.27. The van der Waals surface area contributed by atoms with Gasteiger partial charge < -0.3 is 10.6 Å². The van der Waals surface area contributed by atoms with Crippen LogP contribution >= 0.6 is 11.3 Å². The molecule has 0 saturated carbocycles. The molecule has 5 rings (SSSR count). The molecule has 2 N–H and O–H groups in total. The molecule has 2 aliphatic rings. The first-order valence-electron chi connectivity index (χ1n) is 9.13. The van der Waals surface area contributed by atoms with E-state index in [4.69, 9.17) is 0 Å². The van der Waals surface area contributed by atoms with Gasteiger partial charge in [0.2, 0.25) is 0 Å². The van der Waals surface area contributed by atoms with Gasteiger partial charge in [-0.2, -0.15) is 0 Å². The maximum Gasteiger partial charge on any atom is 0.163 e. The van der Waals surface area contributed by atoms with Crippen molar-refractivity contribution >= 4 is 28.5 Å². The van der Waals surface area contributed by atoms with Crippen molar-refractivity contribution in [3.05, 3.63) is 88.0 Å². The van der Waals surface area contributed by atoms with Gasteiger partial charge in [-0.05, 0) is 42.1 Å². The van der Waals surface area contributed by atoms with Gasteiger partial charge >= 0.3 is 0 Å². The van der Waals surface area contributed by atoms with Gasteiger partial charge in [-0.25, -0.2) is 0 Å². The van der Waals surface area contributed by atoms with Crippen LogP contribution in [0.25, 0.3) is 0 Å². The second-order valence-corrected chi connectivity index (χ2v) is 7.92. The molecular weight excluding hydrogens is 354 g/mol. The molecule has 134 valence electrons. The molecule has 4 nitrogen and oxygen atoms in total. The third-order valence-corrected chi connectivity index (χ3v) is 6.27. The van der Waals surface area contributed by atoms with Gasteiger partial charge in [0.25, 0.3) is 0 Å². The maximum atomic E-state index is 13.3. The van der Waals surface area contributed by atoms with Crippen LogP contribution in [-0.2, 0) is 4.79 Å². The van der Waals surface area contributed by atoms with Crippen molar-refractivity contribution in [2.24, 2.45) is 0 Å². The van der Waals surface area contributed by atoms with Crippen LogP contribution < -0.4 is 10.6 Å². The predicted molar refractivity (Wildman–Crippen MR) is 109 cm³/mol. The Bertz CT molecular complexity index is 1010. The van der Waals surface area contributed by atoms with E-state index in [0.29, 0.717) is 6.42 Å². The molecule has 3 aromatic rings. The number of fused-ring (bicyclic) bond motifs is 1. The van der Waals surface area contributed by atoms with Gasteiger partial charge in [0.1, 0.15) is 0 Å². The zero-order valence-electron chi connectivity index (χ0n) is 14.7. The monoisotopic (exact) mass is 373 g/mol. The van der Waals surface area contributed by atoms with E-state index < -0.39 is 0 Å². The van der Waals surface area contributed by atoms with E-state index in [2.05, 4.69) is 33.1 Å². The number of aromatic nitrogens is 1. The van der Waals surface area contributed by atoms with Crippen LogP contribution in [0.2, 0.25) is 0 Å². The number of Topliss-reactive ketones (excluding diaryl/α,β-unsaturated/α-hetero) is 1. The van der Waals surface area contributed by atoms with Gasteiger partial charge in [0.15, 0.2) is 5.78 Å². The summed E-state index contributed by atoms with van der Waals surface area (Å²) in [5.74, 6) is 0.427. The van der Waals surface area contributed by atoms with E-state index in [1.807, 2.05) is 42.5 Å². The molecule has 0 saturated heterocycles. The number of rotatable bonds is 2. The molecule has 27 heavy (non-hydrogen) atoms. The zero-order valence-corrected chi connectivity index (χ0v) is 15.5. The number of anilines is 2. The highest BCUT2D eigenvalue weighted by Gasteiger charge is 2.36. The van der Waals surface area contributed by atoms with Crippen LogP contribution in [0.5, 0.6) is 0 Å². The lowest BCUT2D eigenvalue weighted by Gasteiger charge is -2.28. The van der Waals surface area contributed by atoms with Crippen LogP contribution in [0.3, 0.4) is 0 Å². The molecule has 2 unspecified atom stereocenters. The number of pyridine rings is 1. The fourth-order valence-corrected chi connectivity index (χ4v) is 4.82. The summed E-state index contributed by atoms with van der Waals surface area (Å²) in [6, 6.07) is 17.9. The number of thiophene rings is 1. The van der Waals surface area contributed by atoms with Crippen molar-refractivity contribution in [1.82, 2.24) is 4.98 Å². The number of hydrogen-bond acceptors (Lipinski definition) is 5. The van der Waals surface area contributed by atoms with Crippen LogP contribution in [-0.4, -0.2) is 10.8 Å². The normalized spacial score (nSPS) is 21.6. The SMILES string of the molecule is O=C1CC(c2cccs2)CC2=C1C(c1ccccn1)Nc1ccccc1N2. The molecule has 0 bridgehead atoms. The van der Waals surface area contributed by atoms with Crippen molar-refractivity contribution in [2.45, 2.75) is 24.8 Å². The van der Waals surface area contributed by atoms with Gasteiger partial charge in [0, 0.05) is 34.7 Å². The summed E-state index contributed by atoms with van der Waals surface area (Å²) >= 11 is 1.73. The fraction of sp³-hybridized carbons (Fsp3) is 0.182. The number of allylic oxidation sites excluding steroid dienone is 1. The summed E-state index contributed by atoms with van der Waals surface area (Å²) in [5, 5.41) is 9.19. The van der Waals surface area contributed by atoms with E-state index in [1.165, 1.54) is 4.88 Å². The number of carbonyl (C=O) groups excluding carboxylic acids is 1. The summed E-state index contributed by atoms with van der Waals surface area (Å²) in [5.41, 5.74) is 4.69. The largest absolute Gasteiger partial charge is 0.371 e. The van der Waals surface area contributed by atoms with E-state index in [1.54, 1.807) is 17.5 Å². The molecule has 2 atom stereocenters. The van der Waals surface area contributed by atoms with Crippen LogP contribution in [0.15, 0.2) is 77.4 Å². The lowest BCUT2D eigenvalue weighted by molar-refractivity contribution is -0.116. The van der Waals surface area contributed by atoms with Gasteiger partial charge in [-0.15, -0.1) is 11.3 Å². The van der Waals surface area contributed by atoms with Crippen LogP contribution in [0.4, 0.5) is 11.4 Å². The highest BCUT2D eigenvalue weighted by molar-refractivity contribution is 7.10. The van der Waals surface area contributed by atoms with Gasteiger partial charge in [-0.3, -0.25) is 9.78 Å². The van der Waals surface area contributed by atoms with Crippen molar-refractivity contribution in [1.29, 1.82) is 0 Å². The summed E-state index contributed by atoms with van der Waals surface area (Å²) in [7, 11) is 0. The number of nitrogens with zero attached hydrogens (tertiary/aromatic N) is 1. The molecule has 0 fully saturated rings. The number of nitrogens with one attached hydrogen (secondary N) is 2. The minimum absolute atomic E-state index is 0.193. The van der Waals surface area contributed by atoms with Crippen molar-refractivity contribution < 1.29 is 4.79 Å². The topological polar surface area (TPSA) is 54.0 Å². The van der Waals surface area contributed by atoms with E-state index in [0.717, 1.165) is 34.8 Å². The molecule has 5 heteroatoms. The molecule has 1 aliphatic carbocycles. The Morgan fingerprint density at radius 3 is 2.59 bits per heavy atom. The smallest absolute Gasteiger partial charge is 0.163 e.